The minimum Gasteiger partial charge on any atom is -0.462 e. The number of rotatable bonds is 5. The van der Waals surface area contributed by atoms with Crippen LogP contribution in [0.15, 0.2) is 0 Å². The summed E-state index contributed by atoms with van der Waals surface area (Å²) in [4.78, 5) is 24.4. The van der Waals surface area contributed by atoms with Crippen molar-refractivity contribution in [1.82, 2.24) is 0 Å². The quantitative estimate of drug-likeness (QED) is 0.536. The molecule has 0 N–H and O–H groups in total. The molecule has 0 saturated heterocycles. The van der Waals surface area contributed by atoms with E-state index >= 15 is 0 Å². The van der Waals surface area contributed by atoms with Gasteiger partial charge < -0.3 is 14.2 Å². The van der Waals surface area contributed by atoms with Gasteiger partial charge in [0.05, 0.1) is 5.41 Å². The fourth-order valence-electron chi connectivity index (χ4n) is 4.27. The summed E-state index contributed by atoms with van der Waals surface area (Å²) in [6, 6.07) is 0. The predicted octanol–water partition coefficient (Wildman–Crippen LogP) is 5.65. The Bertz CT molecular complexity index is 637. The zero-order valence-corrected chi connectivity index (χ0v) is 18.3. The van der Waals surface area contributed by atoms with Crippen LogP contribution in [-0.2, 0) is 19.0 Å². The van der Waals surface area contributed by atoms with Crippen LogP contribution in [0.3, 0.4) is 0 Å². The number of carbonyl (C=O) groups excluding carboxylic acids is 2. The maximum absolute atomic E-state index is 14.0. The second-order valence-electron chi connectivity index (χ2n) is 10.2. The van der Waals surface area contributed by atoms with Gasteiger partial charge in [-0.1, -0.05) is 6.92 Å². The van der Waals surface area contributed by atoms with Gasteiger partial charge in [0.2, 0.25) is 5.60 Å². The molecule has 5 atom stereocenters. The summed E-state index contributed by atoms with van der Waals surface area (Å²) in [5.74, 6) is -1.71. The third-order valence-electron chi connectivity index (χ3n) is 6.44. The molecule has 0 spiro atoms. The molecule has 29 heavy (non-hydrogen) atoms. The first kappa shape index (κ1) is 23.8. The van der Waals surface area contributed by atoms with Crippen LogP contribution in [0.2, 0.25) is 0 Å². The fourth-order valence-corrected chi connectivity index (χ4v) is 4.27. The van der Waals surface area contributed by atoms with Gasteiger partial charge >= 0.3 is 18.3 Å². The summed E-state index contributed by atoms with van der Waals surface area (Å²) >= 11 is 0. The van der Waals surface area contributed by atoms with Crippen molar-refractivity contribution in [3.8, 4) is 0 Å². The van der Waals surface area contributed by atoms with E-state index in [-0.39, 0.29) is 30.3 Å². The highest BCUT2D eigenvalue weighted by molar-refractivity contribution is 5.76. The molecule has 2 fully saturated rings. The Kier molecular flexibility index (Phi) is 6.28. The molecule has 0 aliphatic heterocycles. The molecule has 0 heterocycles. The van der Waals surface area contributed by atoms with E-state index in [1.54, 1.807) is 34.6 Å². The van der Waals surface area contributed by atoms with Crippen molar-refractivity contribution in [1.29, 1.82) is 0 Å². The minimum absolute atomic E-state index is 0.162. The molecule has 0 aromatic carbocycles. The average molecular weight is 422 g/mol. The normalized spacial score (nSPS) is 29.3. The topological polar surface area (TPSA) is 61.8 Å². The van der Waals surface area contributed by atoms with Gasteiger partial charge in [-0.2, -0.15) is 13.2 Å². The molecule has 0 amide bonds. The lowest BCUT2D eigenvalue weighted by Crippen LogP contribution is -2.55. The van der Waals surface area contributed by atoms with Crippen molar-refractivity contribution in [3.05, 3.63) is 0 Å². The van der Waals surface area contributed by atoms with Crippen molar-refractivity contribution in [2.45, 2.75) is 97.6 Å². The Morgan fingerprint density at radius 1 is 0.897 bits per heavy atom. The van der Waals surface area contributed by atoms with E-state index in [2.05, 4.69) is 0 Å². The Balaban J connectivity index is 2.12. The molecular formula is C21H33F3O5. The van der Waals surface area contributed by atoms with Gasteiger partial charge in [0, 0.05) is 5.92 Å². The lowest BCUT2D eigenvalue weighted by molar-refractivity contribution is -0.283. The molecule has 8 heteroatoms. The summed E-state index contributed by atoms with van der Waals surface area (Å²) in [6.07, 6.45) is -4.77. The molecule has 2 aliphatic rings. The van der Waals surface area contributed by atoms with Gasteiger partial charge in [0.15, 0.2) is 0 Å². The van der Waals surface area contributed by atoms with E-state index in [4.69, 9.17) is 14.2 Å². The van der Waals surface area contributed by atoms with Crippen LogP contribution in [0.1, 0.15) is 74.1 Å². The molecule has 2 aliphatic carbocycles. The van der Waals surface area contributed by atoms with E-state index in [1.807, 2.05) is 6.92 Å². The highest BCUT2D eigenvalue weighted by Gasteiger charge is 2.66. The summed E-state index contributed by atoms with van der Waals surface area (Å²) in [7, 11) is 0. The van der Waals surface area contributed by atoms with Crippen molar-refractivity contribution >= 4 is 12.1 Å². The first-order valence-corrected chi connectivity index (χ1v) is 10.2. The molecule has 5 nitrogen and oxygen atoms in total. The average Bonchev–Trinajstić information content (AvgIpc) is 3.11. The molecule has 0 aromatic heterocycles. The Morgan fingerprint density at radius 2 is 1.48 bits per heavy atom. The van der Waals surface area contributed by atoms with Crippen molar-refractivity contribution in [2.24, 2.45) is 23.2 Å². The molecule has 2 rings (SSSR count). The number of hydrogen-bond donors (Lipinski definition) is 0. The highest BCUT2D eigenvalue weighted by Crippen LogP contribution is 2.57. The molecular weight excluding hydrogens is 389 g/mol. The summed E-state index contributed by atoms with van der Waals surface area (Å²) in [6.45, 7) is 11.1. The number of halogens is 3. The molecule has 0 aromatic rings. The van der Waals surface area contributed by atoms with Crippen LogP contribution in [-0.4, -0.2) is 35.6 Å². The van der Waals surface area contributed by atoms with Crippen LogP contribution in [0, 0.1) is 23.2 Å². The summed E-state index contributed by atoms with van der Waals surface area (Å²) in [5, 5.41) is 0. The van der Waals surface area contributed by atoms with Crippen LogP contribution >= 0.6 is 0 Å². The molecule has 168 valence electrons. The maximum atomic E-state index is 14.0. The standard InChI is InChI=1S/C21H33F3O5/c1-8-19(5,6)16(25)27-15-11-12-9-13(15)10-14(12)20(7,21(22,23)24)29-17(26)28-18(2,3)4/h12-15H,8-11H2,1-7H3. The van der Waals surface area contributed by atoms with Crippen molar-refractivity contribution < 1.29 is 37.0 Å². The predicted molar refractivity (Wildman–Crippen MR) is 100 cm³/mol. The Morgan fingerprint density at radius 3 is 1.90 bits per heavy atom. The first-order chi connectivity index (χ1) is 13.0. The van der Waals surface area contributed by atoms with Crippen molar-refractivity contribution in [2.75, 3.05) is 0 Å². The number of ether oxygens (including phenoxy) is 3. The zero-order valence-electron chi connectivity index (χ0n) is 18.3. The highest BCUT2D eigenvalue weighted by atomic mass is 19.4. The fraction of sp³-hybridized carbons (Fsp3) is 0.905. The number of esters is 1. The van der Waals surface area contributed by atoms with Crippen LogP contribution in [0.25, 0.3) is 0 Å². The summed E-state index contributed by atoms with van der Waals surface area (Å²) in [5.41, 5.74) is -4.22. The molecule has 2 saturated carbocycles. The molecule has 0 radical (unpaired) electrons. The summed E-state index contributed by atoms with van der Waals surface area (Å²) < 4.78 is 57.4. The van der Waals surface area contributed by atoms with Gasteiger partial charge in [0.1, 0.15) is 11.7 Å². The lowest BCUT2D eigenvalue weighted by Gasteiger charge is -2.41. The van der Waals surface area contributed by atoms with Gasteiger partial charge in [0.25, 0.3) is 0 Å². The van der Waals surface area contributed by atoms with E-state index < -0.39 is 34.9 Å². The first-order valence-electron chi connectivity index (χ1n) is 10.2. The number of fused-ring (bicyclic) bond motifs is 2. The number of hydrogen-bond acceptors (Lipinski definition) is 5. The smallest absolute Gasteiger partial charge is 0.462 e. The van der Waals surface area contributed by atoms with Crippen LogP contribution in [0.4, 0.5) is 18.0 Å². The number of carbonyl (C=O) groups is 2. The van der Waals surface area contributed by atoms with Gasteiger partial charge in [-0.25, -0.2) is 4.79 Å². The van der Waals surface area contributed by atoms with Gasteiger partial charge in [-0.3, -0.25) is 4.79 Å². The molecule has 5 unspecified atom stereocenters. The second kappa shape index (κ2) is 7.65. The molecule has 2 bridgehead atoms. The zero-order chi connectivity index (χ0) is 22.4. The van der Waals surface area contributed by atoms with E-state index in [0.717, 1.165) is 6.92 Å². The van der Waals surface area contributed by atoms with E-state index in [1.165, 1.54) is 0 Å². The third kappa shape index (κ3) is 5.00. The Hall–Kier alpha value is -1.47. The van der Waals surface area contributed by atoms with E-state index in [9.17, 15) is 22.8 Å². The lowest BCUT2D eigenvalue weighted by atomic mass is 9.75. The van der Waals surface area contributed by atoms with E-state index in [0.29, 0.717) is 19.3 Å². The SMILES string of the molecule is CCC(C)(C)C(=O)OC1CC2CC1CC2C(C)(OC(=O)OC(C)(C)C)C(F)(F)F. The largest absolute Gasteiger partial charge is 0.509 e. The maximum Gasteiger partial charge on any atom is 0.509 e. The number of alkyl halides is 3. The second-order valence-corrected chi connectivity index (χ2v) is 10.2. The monoisotopic (exact) mass is 422 g/mol. The third-order valence-corrected chi connectivity index (χ3v) is 6.44. The van der Waals surface area contributed by atoms with Gasteiger partial charge in [-0.05, 0) is 79.1 Å². The Labute approximate surface area is 170 Å². The minimum atomic E-state index is -4.74. The van der Waals surface area contributed by atoms with Crippen molar-refractivity contribution in [3.63, 3.8) is 0 Å². The van der Waals surface area contributed by atoms with Crippen LogP contribution in [0.5, 0.6) is 0 Å². The van der Waals surface area contributed by atoms with Gasteiger partial charge in [-0.15, -0.1) is 0 Å². The van der Waals surface area contributed by atoms with Crippen LogP contribution < -0.4 is 0 Å².